The van der Waals surface area contributed by atoms with E-state index < -0.39 is 17.7 Å². The van der Waals surface area contributed by atoms with Crippen molar-refractivity contribution in [3.8, 4) is 0 Å². The maximum atomic E-state index is 12.9. The Morgan fingerprint density at radius 1 is 1.06 bits per heavy atom. The van der Waals surface area contributed by atoms with Crippen molar-refractivity contribution >= 4 is 33.5 Å². The Labute approximate surface area is 205 Å². The molecule has 36 heavy (non-hydrogen) atoms. The minimum atomic E-state index is -4.34. The molecule has 2 aromatic carbocycles. The zero-order valence-electron chi connectivity index (χ0n) is 19.8. The highest BCUT2D eigenvalue weighted by Crippen LogP contribution is 2.31. The van der Waals surface area contributed by atoms with E-state index >= 15 is 0 Å². The zero-order valence-corrected chi connectivity index (χ0v) is 19.8. The average Bonchev–Trinajstić information content (AvgIpc) is 3.50. The van der Waals surface area contributed by atoms with Crippen molar-refractivity contribution in [1.82, 2.24) is 20.5 Å². The molecule has 0 aliphatic rings. The molecule has 0 unspecified atom stereocenters. The van der Waals surface area contributed by atoms with Gasteiger partial charge in [0.25, 0.3) is 0 Å². The Bertz CT molecular complexity index is 1320. The van der Waals surface area contributed by atoms with Crippen molar-refractivity contribution in [1.29, 1.82) is 0 Å². The van der Waals surface area contributed by atoms with E-state index in [1.54, 1.807) is 24.4 Å². The molecule has 0 saturated carbocycles. The van der Waals surface area contributed by atoms with E-state index in [2.05, 4.69) is 25.8 Å². The highest BCUT2D eigenvalue weighted by Gasteiger charge is 2.30. The summed E-state index contributed by atoms with van der Waals surface area (Å²) in [5.74, 6) is -0.417. The van der Waals surface area contributed by atoms with Gasteiger partial charge in [0.15, 0.2) is 0 Å². The number of halogens is 3. The van der Waals surface area contributed by atoms with Crippen LogP contribution in [0, 0.1) is 0 Å². The summed E-state index contributed by atoms with van der Waals surface area (Å²) in [6, 6.07) is 8.88. The first-order valence-electron chi connectivity index (χ1n) is 11.6. The number of aromatic nitrogens is 3. The van der Waals surface area contributed by atoms with Gasteiger partial charge in [-0.15, -0.1) is 0 Å². The SMILES string of the molecule is COC(=O)c1cc(NCCOCCCCNCc2cc3cc(C(F)(F)F)ccc3[nH]2)c2cn[nH]c2c1. The van der Waals surface area contributed by atoms with Crippen LogP contribution < -0.4 is 10.6 Å². The van der Waals surface area contributed by atoms with Gasteiger partial charge in [-0.3, -0.25) is 5.10 Å². The predicted molar refractivity (Wildman–Crippen MR) is 131 cm³/mol. The highest BCUT2D eigenvalue weighted by molar-refractivity contribution is 6.00. The maximum absolute atomic E-state index is 12.9. The van der Waals surface area contributed by atoms with Crippen LogP contribution in [-0.2, 0) is 22.2 Å². The number of nitrogens with zero attached hydrogens (tertiary/aromatic N) is 1. The van der Waals surface area contributed by atoms with Crippen molar-refractivity contribution in [2.75, 3.05) is 38.7 Å². The van der Waals surface area contributed by atoms with Gasteiger partial charge < -0.3 is 25.1 Å². The summed E-state index contributed by atoms with van der Waals surface area (Å²) >= 11 is 0. The Balaban J connectivity index is 1.11. The molecule has 11 heteroatoms. The third-order valence-electron chi connectivity index (χ3n) is 5.75. The quantitative estimate of drug-likeness (QED) is 0.163. The lowest BCUT2D eigenvalue weighted by atomic mass is 10.1. The molecule has 192 valence electrons. The number of anilines is 1. The minimum Gasteiger partial charge on any atom is -0.465 e. The van der Waals surface area contributed by atoms with Crippen molar-refractivity contribution in [3.05, 3.63) is 59.4 Å². The number of nitrogens with one attached hydrogen (secondary N) is 4. The third kappa shape index (κ3) is 6.35. The largest absolute Gasteiger partial charge is 0.465 e. The second kappa shape index (κ2) is 11.4. The number of esters is 1. The molecule has 8 nitrogen and oxygen atoms in total. The van der Waals surface area contributed by atoms with E-state index in [9.17, 15) is 18.0 Å². The van der Waals surface area contributed by atoms with E-state index in [1.807, 2.05) is 0 Å². The number of carbonyl (C=O) groups excluding carboxylic acids is 1. The fraction of sp³-hybridized carbons (Fsp3) is 0.360. The number of hydrogen-bond acceptors (Lipinski definition) is 6. The molecule has 0 fully saturated rings. The van der Waals surface area contributed by atoms with E-state index in [0.717, 1.165) is 53.8 Å². The van der Waals surface area contributed by atoms with Gasteiger partial charge in [0, 0.05) is 47.4 Å². The molecular formula is C25H28F3N5O3. The molecule has 0 saturated heterocycles. The summed E-state index contributed by atoms with van der Waals surface area (Å²) in [7, 11) is 1.34. The monoisotopic (exact) mass is 503 g/mol. The molecular weight excluding hydrogens is 475 g/mol. The number of methoxy groups -OCH3 is 1. The van der Waals surface area contributed by atoms with Crippen LogP contribution in [-0.4, -0.2) is 54.6 Å². The van der Waals surface area contributed by atoms with Gasteiger partial charge >= 0.3 is 12.1 Å². The third-order valence-corrected chi connectivity index (χ3v) is 5.75. The predicted octanol–water partition coefficient (Wildman–Crippen LogP) is 4.85. The first-order valence-corrected chi connectivity index (χ1v) is 11.6. The topological polar surface area (TPSA) is 104 Å². The van der Waals surface area contributed by atoms with Crippen molar-refractivity contribution in [2.24, 2.45) is 0 Å². The lowest BCUT2D eigenvalue weighted by Crippen LogP contribution is -2.16. The number of benzene rings is 2. The van der Waals surface area contributed by atoms with Crippen LogP contribution in [0.5, 0.6) is 0 Å². The van der Waals surface area contributed by atoms with E-state index in [1.165, 1.54) is 13.2 Å². The van der Waals surface area contributed by atoms with Crippen LogP contribution in [0.15, 0.2) is 42.6 Å². The van der Waals surface area contributed by atoms with Crippen LogP contribution >= 0.6 is 0 Å². The first kappa shape index (κ1) is 25.5. The van der Waals surface area contributed by atoms with Gasteiger partial charge in [0.2, 0.25) is 0 Å². The zero-order chi connectivity index (χ0) is 25.5. The van der Waals surface area contributed by atoms with E-state index in [0.29, 0.717) is 42.8 Å². The van der Waals surface area contributed by atoms with Gasteiger partial charge in [-0.2, -0.15) is 18.3 Å². The van der Waals surface area contributed by atoms with Crippen LogP contribution in [0.25, 0.3) is 21.8 Å². The number of aromatic amines is 2. The number of rotatable bonds is 12. The Morgan fingerprint density at radius 3 is 2.72 bits per heavy atom. The molecule has 4 N–H and O–H groups in total. The van der Waals surface area contributed by atoms with Crippen LogP contribution in [0.2, 0.25) is 0 Å². The highest BCUT2D eigenvalue weighted by atomic mass is 19.4. The minimum absolute atomic E-state index is 0.417. The summed E-state index contributed by atoms with van der Waals surface area (Å²) < 4.78 is 49.1. The fourth-order valence-electron chi connectivity index (χ4n) is 3.93. The molecule has 0 bridgehead atoms. The summed E-state index contributed by atoms with van der Waals surface area (Å²) in [5.41, 5.74) is 2.84. The van der Waals surface area contributed by atoms with Crippen LogP contribution in [0.4, 0.5) is 18.9 Å². The lowest BCUT2D eigenvalue weighted by molar-refractivity contribution is -0.137. The summed E-state index contributed by atoms with van der Waals surface area (Å²) in [6.45, 7) is 3.00. The molecule has 0 amide bonds. The molecule has 4 aromatic rings. The van der Waals surface area contributed by atoms with E-state index in [4.69, 9.17) is 9.47 Å². The Morgan fingerprint density at radius 2 is 1.92 bits per heavy atom. The smallest absolute Gasteiger partial charge is 0.416 e. The van der Waals surface area contributed by atoms with Gasteiger partial charge in [-0.25, -0.2) is 4.79 Å². The number of hydrogen-bond donors (Lipinski definition) is 4. The van der Waals surface area contributed by atoms with Crippen molar-refractivity contribution in [3.63, 3.8) is 0 Å². The van der Waals surface area contributed by atoms with Gasteiger partial charge in [0.05, 0.1) is 36.6 Å². The normalized spacial score (nSPS) is 11.9. The standard InChI is InChI=1S/C25H28F3N5O3/c1-35-24(34)17-12-22(20-15-31-33-23(20)13-17)30-7-9-36-8-3-2-6-29-14-19-11-16-10-18(25(26,27)28)4-5-21(16)32-19/h4-5,10-13,15,29-30,32H,2-3,6-9,14H2,1H3,(H,31,33). The fourth-order valence-corrected chi connectivity index (χ4v) is 3.93. The first-order chi connectivity index (χ1) is 17.3. The summed E-state index contributed by atoms with van der Waals surface area (Å²) in [5, 5.41) is 14.9. The molecule has 2 heterocycles. The number of ether oxygens (including phenoxy) is 2. The van der Waals surface area contributed by atoms with Crippen molar-refractivity contribution in [2.45, 2.75) is 25.6 Å². The number of unbranched alkanes of at least 4 members (excludes halogenated alkanes) is 1. The lowest BCUT2D eigenvalue weighted by Gasteiger charge is -2.10. The molecule has 0 atom stereocenters. The Kier molecular flexibility index (Phi) is 8.11. The molecule has 0 aliphatic carbocycles. The van der Waals surface area contributed by atoms with Gasteiger partial charge in [-0.05, 0) is 55.8 Å². The molecule has 0 radical (unpaired) electrons. The van der Waals surface area contributed by atoms with Gasteiger partial charge in [-0.1, -0.05) is 0 Å². The molecule has 2 aromatic heterocycles. The number of fused-ring (bicyclic) bond motifs is 2. The van der Waals surface area contributed by atoms with Gasteiger partial charge in [0.1, 0.15) is 0 Å². The number of H-pyrrole nitrogens is 2. The van der Waals surface area contributed by atoms with Crippen LogP contribution in [0.1, 0.15) is 34.5 Å². The molecule has 4 rings (SSSR count). The molecule has 0 aliphatic heterocycles. The number of alkyl halides is 3. The Hall–Kier alpha value is -3.57. The maximum Gasteiger partial charge on any atom is 0.416 e. The average molecular weight is 504 g/mol. The molecule has 0 spiro atoms. The summed E-state index contributed by atoms with van der Waals surface area (Å²) in [4.78, 5) is 15.0. The second-order valence-electron chi connectivity index (χ2n) is 8.36. The number of carbonyl (C=O) groups is 1. The second-order valence-corrected chi connectivity index (χ2v) is 8.36. The van der Waals surface area contributed by atoms with Crippen molar-refractivity contribution < 1.29 is 27.4 Å². The summed E-state index contributed by atoms with van der Waals surface area (Å²) in [6.07, 6.45) is -0.868. The van der Waals surface area contributed by atoms with Crippen LogP contribution in [0.3, 0.4) is 0 Å². The van der Waals surface area contributed by atoms with E-state index in [-0.39, 0.29) is 0 Å².